The SMILES string of the molecule is Cn1ncnc1CCN1C(=O)CN(CC2(c3ncccc3F)CCC2)C1=O. The van der Waals surface area contributed by atoms with Gasteiger partial charge < -0.3 is 4.90 Å². The number of urea groups is 1. The molecule has 2 fully saturated rings. The van der Waals surface area contributed by atoms with Gasteiger partial charge >= 0.3 is 6.03 Å². The summed E-state index contributed by atoms with van der Waals surface area (Å²) in [6.45, 7) is 0.589. The van der Waals surface area contributed by atoms with E-state index in [1.54, 1.807) is 24.0 Å². The topological polar surface area (TPSA) is 84.2 Å². The Morgan fingerprint density at radius 1 is 1.26 bits per heavy atom. The first-order valence-electron chi connectivity index (χ1n) is 9.03. The zero-order chi connectivity index (χ0) is 19.0. The Hall–Kier alpha value is -2.84. The summed E-state index contributed by atoms with van der Waals surface area (Å²) in [6, 6.07) is 2.63. The van der Waals surface area contributed by atoms with Gasteiger partial charge in [-0.3, -0.25) is 19.4 Å². The second kappa shape index (κ2) is 6.71. The number of pyridine rings is 1. The highest BCUT2D eigenvalue weighted by molar-refractivity contribution is 6.02. The molecule has 2 aliphatic rings. The maximum Gasteiger partial charge on any atom is 0.327 e. The van der Waals surface area contributed by atoms with E-state index in [9.17, 15) is 14.0 Å². The molecule has 2 aromatic rings. The van der Waals surface area contributed by atoms with Crippen LogP contribution in [0, 0.1) is 5.82 Å². The van der Waals surface area contributed by atoms with Crippen molar-refractivity contribution in [3.8, 4) is 0 Å². The van der Waals surface area contributed by atoms with Gasteiger partial charge in [0.2, 0.25) is 5.91 Å². The third-order valence-corrected chi connectivity index (χ3v) is 5.56. The lowest BCUT2D eigenvalue weighted by atomic mass is 9.66. The van der Waals surface area contributed by atoms with Gasteiger partial charge in [-0.25, -0.2) is 14.2 Å². The Morgan fingerprint density at radius 2 is 2.07 bits per heavy atom. The maximum absolute atomic E-state index is 14.3. The number of amides is 3. The minimum absolute atomic E-state index is 0.0217. The molecule has 0 unspecified atom stereocenters. The lowest BCUT2D eigenvalue weighted by Crippen LogP contribution is -2.48. The summed E-state index contributed by atoms with van der Waals surface area (Å²) in [4.78, 5) is 36.2. The number of aromatic nitrogens is 4. The largest absolute Gasteiger partial charge is 0.327 e. The van der Waals surface area contributed by atoms with E-state index in [2.05, 4.69) is 15.1 Å². The summed E-state index contributed by atoms with van der Waals surface area (Å²) >= 11 is 0. The van der Waals surface area contributed by atoms with Gasteiger partial charge in [0.25, 0.3) is 0 Å². The van der Waals surface area contributed by atoms with E-state index in [0.717, 1.165) is 19.3 Å². The first kappa shape index (κ1) is 17.6. The summed E-state index contributed by atoms with van der Waals surface area (Å²) in [5, 5.41) is 3.99. The molecule has 4 rings (SSSR count). The fourth-order valence-electron chi connectivity index (χ4n) is 3.91. The fraction of sp³-hybridized carbons (Fsp3) is 0.500. The number of carbonyl (C=O) groups excluding carboxylic acids is 2. The van der Waals surface area contributed by atoms with Gasteiger partial charge in [0.15, 0.2) is 0 Å². The van der Waals surface area contributed by atoms with Crippen molar-refractivity contribution in [3.63, 3.8) is 0 Å². The van der Waals surface area contributed by atoms with Crippen LogP contribution in [-0.4, -0.2) is 61.1 Å². The van der Waals surface area contributed by atoms with Crippen LogP contribution in [0.3, 0.4) is 0 Å². The average Bonchev–Trinajstić information content (AvgIpc) is 3.13. The van der Waals surface area contributed by atoms with Crippen LogP contribution in [0.1, 0.15) is 30.8 Å². The molecule has 0 radical (unpaired) electrons. The van der Waals surface area contributed by atoms with Crippen LogP contribution in [0.5, 0.6) is 0 Å². The number of hydrogen-bond acceptors (Lipinski definition) is 5. The lowest BCUT2D eigenvalue weighted by Gasteiger charge is -2.43. The molecule has 0 N–H and O–H groups in total. The minimum atomic E-state index is -0.499. The van der Waals surface area contributed by atoms with Crippen LogP contribution >= 0.6 is 0 Å². The van der Waals surface area contributed by atoms with Crippen LogP contribution < -0.4 is 0 Å². The molecule has 1 saturated heterocycles. The minimum Gasteiger partial charge on any atom is -0.314 e. The van der Waals surface area contributed by atoms with Crippen molar-refractivity contribution in [3.05, 3.63) is 42.0 Å². The molecule has 8 nitrogen and oxygen atoms in total. The van der Waals surface area contributed by atoms with Crippen molar-refractivity contribution in [2.24, 2.45) is 7.05 Å². The van der Waals surface area contributed by atoms with E-state index in [1.807, 2.05) is 0 Å². The summed E-state index contributed by atoms with van der Waals surface area (Å²) in [5.41, 5.74) is -0.102. The normalized spacial score (nSPS) is 18.9. The summed E-state index contributed by atoms with van der Waals surface area (Å²) in [7, 11) is 1.77. The van der Waals surface area contributed by atoms with Crippen LogP contribution in [0.25, 0.3) is 0 Å². The van der Waals surface area contributed by atoms with Crippen molar-refractivity contribution in [1.29, 1.82) is 0 Å². The highest BCUT2D eigenvalue weighted by Gasteiger charge is 2.47. The van der Waals surface area contributed by atoms with Crippen molar-refractivity contribution in [1.82, 2.24) is 29.5 Å². The predicted molar refractivity (Wildman–Crippen MR) is 93.1 cm³/mol. The molecule has 0 atom stereocenters. The molecule has 2 aromatic heterocycles. The maximum atomic E-state index is 14.3. The number of carbonyl (C=O) groups is 2. The second-order valence-corrected chi connectivity index (χ2v) is 7.20. The Kier molecular flexibility index (Phi) is 4.37. The average molecular weight is 372 g/mol. The van der Waals surface area contributed by atoms with Gasteiger partial charge in [-0.1, -0.05) is 6.42 Å². The third-order valence-electron chi connectivity index (χ3n) is 5.56. The number of halogens is 1. The number of rotatable bonds is 6. The van der Waals surface area contributed by atoms with E-state index >= 15 is 0 Å². The Balaban J connectivity index is 1.47. The van der Waals surface area contributed by atoms with E-state index < -0.39 is 5.41 Å². The molecule has 142 valence electrons. The van der Waals surface area contributed by atoms with E-state index in [1.165, 1.54) is 22.2 Å². The Labute approximate surface area is 156 Å². The van der Waals surface area contributed by atoms with Crippen molar-refractivity contribution in [2.75, 3.05) is 19.6 Å². The quantitative estimate of drug-likeness (QED) is 0.713. The Morgan fingerprint density at radius 3 is 2.70 bits per heavy atom. The molecule has 0 aromatic carbocycles. The molecule has 3 amide bonds. The molecular formula is C18H21FN6O2. The van der Waals surface area contributed by atoms with Gasteiger partial charge in [-0.05, 0) is 25.0 Å². The molecular weight excluding hydrogens is 351 g/mol. The van der Waals surface area contributed by atoms with Crippen LogP contribution in [-0.2, 0) is 23.7 Å². The van der Waals surface area contributed by atoms with Crippen LogP contribution in [0.2, 0.25) is 0 Å². The third kappa shape index (κ3) is 3.07. The fourth-order valence-corrected chi connectivity index (χ4v) is 3.91. The molecule has 0 bridgehead atoms. The second-order valence-electron chi connectivity index (χ2n) is 7.20. The molecule has 1 aliphatic carbocycles. The number of aryl methyl sites for hydroxylation is 1. The molecule has 1 saturated carbocycles. The summed E-state index contributed by atoms with van der Waals surface area (Å²) in [6.07, 6.45) is 5.94. The van der Waals surface area contributed by atoms with Gasteiger partial charge in [0, 0.05) is 38.2 Å². The van der Waals surface area contributed by atoms with Crippen LogP contribution in [0.4, 0.5) is 9.18 Å². The predicted octanol–water partition coefficient (Wildman–Crippen LogP) is 1.28. The molecule has 0 spiro atoms. The van der Waals surface area contributed by atoms with Crippen molar-refractivity contribution < 1.29 is 14.0 Å². The molecule has 1 aliphatic heterocycles. The van der Waals surface area contributed by atoms with Gasteiger partial charge in [0.05, 0.1) is 5.69 Å². The monoisotopic (exact) mass is 372 g/mol. The van der Waals surface area contributed by atoms with E-state index in [4.69, 9.17) is 0 Å². The van der Waals surface area contributed by atoms with Gasteiger partial charge in [-0.2, -0.15) is 5.10 Å². The van der Waals surface area contributed by atoms with Crippen molar-refractivity contribution >= 4 is 11.9 Å². The number of imide groups is 1. The zero-order valence-corrected chi connectivity index (χ0v) is 15.1. The summed E-state index contributed by atoms with van der Waals surface area (Å²) in [5.74, 6) is 0.118. The van der Waals surface area contributed by atoms with E-state index in [0.29, 0.717) is 24.5 Å². The smallest absolute Gasteiger partial charge is 0.314 e. The first-order chi connectivity index (χ1) is 13.0. The lowest BCUT2D eigenvalue weighted by molar-refractivity contribution is -0.125. The molecule has 3 heterocycles. The summed E-state index contributed by atoms with van der Waals surface area (Å²) < 4.78 is 15.9. The van der Waals surface area contributed by atoms with E-state index in [-0.39, 0.29) is 30.8 Å². The number of hydrogen-bond donors (Lipinski definition) is 0. The van der Waals surface area contributed by atoms with Crippen molar-refractivity contribution in [2.45, 2.75) is 31.1 Å². The Bertz CT molecular complexity index is 878. The first-order valence-corrected chi connectivity index (χ1v) is 9.03. The van der Waals surface area contributed by atoms with Gasteiger partial charge in [-0.15, -0.1) is 0 Å². The number of nitrogens with zero attached hydrogens (tertiary/aromatic N) is 6. The van der Waals surface area contributed by atoms with Gasteiger partial charge in [0.1, 0.15) is 24.5 Å². The standard InChI is InChI=1S/C18H21FN6O2/c1-23-14(21-12-22-23)5-9-25-15(26)10-24(17(25)27)11-18(6-3-7-18)16-13(19)4-2-8-20-16/h2,4,8,12H,3,5-7,9-11H2,1H3. The molecule has 9 heteroatoms. The molecule has 27 heavy (non-hydrogen) atoms. The van der Waals surface area contributed by atoms with Crippen LogP contribution in [0.15, 0.2) is 24.7 Å². The highest BCUT2D eigenvalue weighted by atomic mass is 19.1. The zero-order valence-electron chi connectivity index (χ0n) is 15.1. The highest BCUT2D eigenvalue weighted by Crippen LogP contribution is 2.44.